The molecule has 1 amide bonds. The van der Waals surface area contributed by atoms with Crippen molar-refractivity contribution >= 4 is 11.7 Å². The quantitative estimate of drug-likeness (QED) is 0.662. The summed E-state index contributed by atoms with van der Waals surface area (Å²) < 4.78 is 5.49. The zero-order chi connectivity index (χ0) is 11.5. The van der Waals surface area contributed by atoms with E-state index in [1.165, 1.54) is 17.4 Å². The number of nitrogens with two attached hydrogens (primary N) is 1. The molecule has 2 N–H and O–H groups in total. The maximum absolute atomic E-state index is 11.0. The fourth-order valence-corrected chi connectivity index (χ4v) is 1.37. The number of aromatic nitrogens is 2. The van der Waals surface area contributed by atoms with Gasteiger partial charge in [-0.05, 0) is 5.92 Å². The number of ether oxygens (including phenoxy) is 1. The lowest BCUT2D eigenvalue weighted by atomic mass is 10.1. The molecule has 82 valence electrons. The molecule has 0 aliphatic carbocycles. The monoisotopic (exact) mass is 218 g/mol. The molecular formula is C10H10N4O2. The number of carbonyl (C=O) groups is 1. The minimum Gasteiger partial charge on any atom is -0.481 e. The van der Waals surface area contributed by atoms with Crippen molar-refractivity contribution in [3.05, 3.63) is 12.5 Å². The summed E-state index contributed by atoms with van der Waals surface area (Å²) in [4.78, 5) is 20.2. The number of hydrogen-bond acceptors (Lipinski definition) is 5. The van der Waals surface area contributed by atoms with Crippen LogP contribution in [0.2, 0.25) is 0 Å². The van der Waals surface area contributed by atoms with Crippen LogP contribution >= 0.6 is 0 Å². The molecule has 2 heterocycles. The van der Waals surface area contributed by atoms with Crippen LogP contribution in [0.5, 0.6) is 5.75 Å². The molecule has 1 aromatic rings. The normalized spacial score (nSPS) is 15.1. The number of likely N-dealkylation sites (tertiary alicyclic amines) is 1. The van der Waals surface area contributed by atoms with Gasteiger partial charge in [0.25, 0.3) is 5.91 Å². The Morgan fingerprint density at radius 1 is 1.69 bits per heavy atom. The maximum atomic E-state index is 11.0. The predicted molar refractivity (Wildman–Crippen MR) is 56.3 cm³/mol. The third-order valence-corrected chi connectivity index (χ3v) is 2.26. The largest absolute Gasteiger partial charge is 0.481 e. The Balaban J connectivity index is 1.89. The highest BCUT2D eigenvalue weighted by Gasteiger charge is 2.31. The SMILES string of the molecule is C#CC(=O)N1CC(Oc2cncnc2N)C1. The smallest absolute Gasteiger partial charge is 0.298 e. The summed E-state index contributed by atoms with van der Waals surface area (Å²) in [6.45, 7) is 0.939. The van der Waals surface area contributed by atoms with Gasteiger partial charge >= 0.3 is 0 Å². The Morgan fingerprint density at radius 3 is 3.06 bits per heavy atom. The second-order valence-corrected chi connectivity index (χ2v) is 3.37. The van der Waals surface area contributed by atoms with E-state index in [1.807, 2.05) is 5.92 Å². The van der Waals surface area contributed by atoms with Gasteiger partial charge in [0.1, 0.15) is 12.4 Å². The van der Waals surface area contributed by atoms with Crippen molar-refractivity contribution in [1.82, 2.24) is 14.9 Å². The number of rotatable bonds is 2. The first kappa shape index (κ1) is 10.2. The summed E-state index contributed by atoms with van der Waals surface area (Å²) >= 11 is 0. The van der Waals surface area contributed by atoms with E-state index in [0.717, 1.165) is 0 Å². The molecule has 1 aromatic heterocycles. The first-order valence-corrected chi connectivity index (χ1v) is 4.68. The first-order chi connectivity index (χ1) is 7.70. The number of amides is 1. The fraction of sp³-hybridized carbons (Fsp3) is 0.300. The summed E-state index contributed by atoms with van der Waals surface area (Å²) in [7, 11) is 0. The van der Waals surface area contributed by atoms with Gasteiger partial charge in [0.2, 0.25) is 0 Å². The molecule has 0 radical (unpaired) electrons. The number of nitrogen functional groups attached to an aromatic ring is 1. The molecule has 2 rings (SSSR count). The molecule has 1 aliphatic rings. The van der Waals surface area contributed by atoms with Crippen molar-refractivity contribution < 1.29 is 9.53 Å². The van der Waals surface area contributed by atoms with E-state index in [2.05, 4.69) is 9.97 Å². The topological polar surface area (TPSA) is 81.3 Å². The van der Waals surface area contributed by atoms with E-state index < -0.39 is 0 Å². The van der Waals surface area contributed by atoms with Crippen molar-refractivity contribution in [3.8, 4) is 18.1 Å². The highest BCUT2D eigenvalue weighted by atomic mass is 16.5. The zero-order valence-corrected chi connectivity index (χ0v) is 8.46. The minimum atomic E-state index is -0.322. The van der Waals surface area contributed by atoms with E-state index >= 15 is 0 Å². The van der Waals surface area contributed by atoms with E-state index in [1.54, 1.807) is 0 Å². The second kappa shape index (κ2) is 4.06. The Labute approximate surface area is 92.4 Å². The fourth-order valence-electron chi connectivity index (χ4n) is 1.37. The molecule has 1 fully saturated rings. The van der Waals surface area contributed by atoms with Gasteiger partial charge in [-0.15, -0.1) is 6.42 Å². The molecule has 0 atom stereocenters. The van der Waals surface area contributed by atoms with Gasteiger partial charge in [-0.3, -0.25) is 4.79 Å². The van der Waals surface area contributed by atoms with Crippen LogP contribution in [0.25, 0.3) is 0 Å². The Bertz CT molecular complexity index is 448. The first-order valence-electron chi connectivity index (χ1n) is 4.68. The number of carbonyl (C=O) groups excluding carboxylic acids is 1. The van der Waals surface area contributed by atoms with Crippen molar-refractivity contribution in [3.63, 3.8) is 0 Å². The summed E-state index contributed by atoms with van der Waals surface area (Å²) in [5.41, 5.74) is 5.58. The van der Waals surface area contributed by atoms with Gasteiger partial charge in [0, 0.05) is 0 Å². The van der Waals surface area contributed by atoms with Gasteiger partial charge in [0.15, 0.2) is 11.6 Å². The van der Waals surface area contributed by atoms with Gasteiger partial charge in [-0.2, -0.15) is 0 Å². The van der Waals surface area contributed by atoms with Crippen molar-refractivity contribution in [2.75, 3.05) is 18.8 Å². The van der Waals surface area contributed by atoms with Crippen molar-refractivity contribution in [2.24, 2.45) is 0 Å². The minimum absolute atomic E-state index is 0.0920. The van der Waals surface area contributed by atoms with E-state index in [-0.39, 0.29) is 17.8 Å². The van der Waals surface area contributed by atoms with Crippen LogP contribution in [0.4, 0.5) is 5.82 Å². The summed E-state index contributed by atoms with van der Waals surface area (Å²) in [5, 5.41) is 0. The highest BCUT2D eigenvalue weighted by Crippen LogP contribution is 2.21. The van der Waals surface area contributed by atoms with Crippen LogP contribution in [0.15, 0.2) is 12.5 Å². The van der Waals surface area contributed by atoms with Crippen LogP contribution in [0, 0.1) is 12.3 Å². The van der Waals surface area contributed by atoms with Crippen LogP contribution < -0.4 is 10.5 Å². The van der Waals surface area contributed by atoms with Crippen LogP contribution in [0.3, 0.4) is 0 Å². The van der Waals surface area contributed by atoms with Gasteiger partial charge < -0.3 is 15.4 Å². The standard InChI is InChI=1S/C10H10N4O2/c1-2-9(15)14-4-7(5-14)16-8-3-12-6-13-10(8)11/h1,3,6-7H,4-5H2,(H2,11,12,13). The molecule has 1 aliphatic heterocycles. The highest BCUT2D eigenvalue weighted by molar-refractivity contribution is 5.93. The van der Waals surface area contributed by atoms with E-state index in [0.29, 0.717) is 18.8 Å². The van der Waals surface area contributed by atoms with Gasteiger partial charge in [-0.1, -0.05) is 0 Å². The molecule has 0 unspecified atom stereocenters. The van der Waals surface area contributed by atoms with E-state index in [4.69, 9.17) is 16.9 Å². The molecular weight excluding hydrogens is 208 g/mol. The summed E-state index contributed by atoms with van der Waals surface area (Å²) in [6.07, 6.45) is 7.73. The van der Waals surface area contributed by atoms with Crippen LogP contribution in [-0.2, 0) is 4.79 Å². The van der Waals surface area contributed by atoms with Crippen molar-refractivity contribution in [1.29, 1.82) is 0 Å². The summed E-state index contributed by atoms with van der Waals surface area (Å²) in [6, 6.07) is 0. The lowest BCUT2D eigenvalue weighted by Gasteiger charge is -2.37. The zero-order valence-electron chi connectivity index (χ0n) is 8.46. The lowest BCUT2D eigenvalue weighted by molar-refractivity contribution is -0.133. The Kier molecular flexibility index (Phi) is 2.60. The molecule has 0 aromatic carbocycles. The van der Waals surface area contributed by atoms with Gasteiger partial charge in [0.05, 0.1) is 19.3 Å². The second-order valence-electron chi connectivity index (χ2n) is 3.37. The molecule has 0 bridgehead atoms. The van der Waals surface area contributed by atoms with Crippen molar-refractivity contribution in [2.45, 2.75) is 6.10 Å². The van der Waals surface area contributed by atoms with Crippen LogP contribution in [-0.4, -0.2) is 40.0 Å². The molecule has 6 nitrogen and oxygen atoms in total. The van der Waals surface area contributed by atoms with E-state index in [9.17, 15) is 4.79 Å². The number of anilines is 1. The van der Waals surface area contributed by atoms with Gasteiger partial charge in [-0.25, -0.2) is 9.97 Å². The molecule has 16 heavy (non-hydrogen) atoms. The number of hydrogen-bond donors (Lipinski definition) is 1. The lowest BCUT2D eigenvalue weighted by Crippen LogP contribution is -2.55. The Hall–Kier alpha value is -2.29. The average Bonchev–Trinajstić information content (AvgIpc) is 2.24. The Morgan fingerprint density at radius 2 is 2.44 bits per heavy atom. The molecule has 6 heteroatoms. The predicted octanol–water partition coefficient (Wildman–Crippen LogP) is -0.718. The third-order valence-electron chi connectivity index (χ3n) is 2.26. The number of terminal acetylenes is 1. The molecule has 0 spiro atoms. The average molecular weight is 218 g/mol. The molecule has 1 saturated heterocycles. The third kappa shape index (κ3) is 1.88. The van der Waals surface area contributed by atoms with Crippen LogP contribution in [0.1, 0.15) is 0 Å². The number of nitrogens with zero attached hydrogens (tertiary/aromatic N) is 3. The molecule has 0 saturated carbocycles. The summed E-state index contributed by atoms with van der Waals surface area (Å²) in [5.74, 6) is 2.44. The maximum Gasteiger partial charge on any atom is 0.298 e.